The molecule has 0 aromatic heterocycles. The Kier molecular flexibility index (Phi) is 7.86. The van der Waals surface area contributed by atoms with E-state index in [1.807, 2.05) is 0 Å². The summed E-state index contributed by atoms with van der Waals surface area (Å²) in [5, 5.41) is 7.79. The molecular formula is C54H47N. The van der Waals surface area contributed by atoms with Gasteiger partial charge in [0.2, 0.25) is 0 Å². The lowest BCUT2D eigenvalue weighted by molar-refractivity contribution is 0.518. The minimum atomic E-state index is 0.0321. The van der Waals surface area contributed by atoms with Crippen LogP contribution >= 0.6 is 0 Å². The van der Waals surface area contributed by atoms with Gasteiger partial charge in [0.05, 0.1) is 5.69 Å². The maximum Gasteiger partial charge on any atom is 0.0540 e. The third-order valence-corrected chi connectivity index (χ3v) is 13.5. The molecule has 1 nitrogen and oxygen atoms in total. The molecule has 0 atom stereocenters. The third kappa shape index (κ3) is 4.78. The predicted octanol–water partition coefficient (Wildman–Crippen LogP) is 15.3. The molecule has 0 saturated heterocycles. The lowest BCUT2D eigenvalue weighted by Gasteiger charge is -2.34. The molecule has 2 aliphatic carbocycles. The van der Waals surface area contributed by atoms with Crippen LogP contribution in [0.15, 0.2) is 152 Å². The Morgan fingerprint density at radius 3 is 1.69 bits per heavy atom. The summed E-state index contributed by atoms with van der Waals surface area (Å²) >= 11 is 0. The fourth-order valence-corrected chi connectivity index (χ4v) is 10.7. The highest BCUT2D eigenvalue weighted by Gasteiger charge is 2.54. The van der Waals surface area contributed by atoms with E-state index in [2.05, 4.69) is 196 Å². The third-order valence-electron chi connectivity index (χ3n) is 13.5. The molecule has 0 N–H and O–H groups in total. The zero-order valence-electron chi connectivity index (χ0n) is 32.4. The summed E-state index contributed by atoms with van der Waals surface area (Å²) in [6, 6.07) is 56.7. The van der Waals surface area contributed by atoms with E-state index in [9.17, 15) is 0 Å². The second-order valence-electron chi connectivity index (χ2n) is 15.7. The van der Waals surface area contributed by atoms with Crippen molar-refractivity contribution in [3.63, 3.8) is 0 Å². The second kappa shape index (κ2) is 12.8. The monoisotopic (exact) mass is 709 g/mol. The Labute approximate surface area is 325 Å². The minimum absolute atomic E-state index is 0.0321. The van der Waals surface area contributed by atoms with Gasteiger partial charge in [-0.15, -0.1) is 0 Å². The van der Waals surface area contributed by atoms with E-state index in [0.29, 0.717) is 0 Å². The fourth-order valence-electron chi connectivity index (χ4n) is 10.7. The van der Waals surface area contributed by atoms with Crippen molar-refractivity contribution < 1.29 is 0 Å². The number of rotatable bonds is 9. The molecule has 55 heavy (non-hydrogen) atoms. The molecule has 0 fully saturated rings. The quantitative estimate of drug-likeness (QED) is 0.107. The van der Waals surface area contributed by atoms with Crippen LogP contribution in [-0.2, 0) is 10.8 Å². The van der Waals surface area contributed by atoms with Crippen LogP contribution in [0.1, 0.15) is 86.8 Å². The molecule has 0 unspecified atom stereocenters. The van der Waals surface area contributed by atoms with Crippen LogP contribution in [0, 0.1) is 0 Å². The Bertz CT molecular complexity index is 2780. The van der Waals surface area contributed by atoms with Gasteiger partial charge in [-0.2, -0.15) is 0 Å². The van der Waals surface area contributed by atoms with E-state index in [1.165, 1.54) is 65.8 Å². The second-order valence-corrected chi connectivity index (χ2v) is 15.7. The number of anilines is 3. The highest BCUT2D eigenvalue weighted by molar-refractivity contribution is 6.25. The molecule has 8 aromatic carbocycles. The first-order chi connectivity index (χ1) is 27.0. The molecule has 0 aliphatic heterocycles. The van der Waals surface area contributed by atoms with E-state index < -0.39 is 0 Å². The number of benzene rings is 8. The molecule has 0 amide bonds. The van der Waals surface area contributed by atoms with E-state index in [0.717, 1.165) is 37.1 Å². The van der Waals surface area contributed by atoms with Crippen LogP contribution in [-0.4, -0.2) is 0 Å². The van der Waals surface area contributed by atoms with Gasteiger partial charge in [-0.05, 0) is 127 Å². The van der Waals surface area contributed by atoms with Crippen molar-refractivity contribution in [2.45, 2.75) is 64.2 Å². The van der Waals surface area contributed by atoms with Crippen molar-refractivity contribution in [2.75, 3.05) is 4.90 Å². The van der Waals surface area contributed by atoms with Crippen LogP contribution in [0.4, 0.5) is 17.1 Å². The molecule has 0 spiro atoms. The highest BCUT2D eigenvalue weighted by atomic mass is 15.1. The average Bonchev–Trinajstić information content (AvgIpc) is 3.71. The summed E-state index contributed by atoms with van der Waals surface area (Å²) < 4.78 is 0. The standard InChI is InChI=1S/C54H47N/c1-5-53(6-2)46-20-13-12-19-43(46)51-52(53)44-32-25-37(35-47(44)54(51,7-3)8-4)22-21-36-23-30-42(31-24-36)55(41-17-10-9-11-18-41)48-34-29-40-27-26-38-15-14-16-39-28-33-45(48)50(40)49(38)39/h9-35H,5-8H2,1-4H3/b22-21+. The Hall–Kier alpha value is -5.92. The number of hydrogen-bond donors (Lipinski definition) is 0. The molecule has 10 rings (SSSR count). The fraction of sp³-hybridized carbons (Fsp3) is 0.185. The van der Waals surface area contributed by atoms with Gasteiger partial charge in [0.15, 0.2) is 0 Å². The van der Waals surface area contributed by atoms with Crippen molar-refractivity contribution in [3.05, 3.63) is 185 Å². The Morgan fingerprint density at radius 1 is 0.436 bits per heavy atom. The lowest BCUT2D eigenvalue weighted by atomic mass is 9.69. The number of hydrogen-bond acceptors (Lipinski definition) is 1. The molecule has 1 heteroatoms. The molecule has 8 aromatic rings. The van der Waals surface area contributed by atoms with Crippen LogP contribution in [0.2, 0.25) is 0 Å². The van der Waals surface area contributed by atoms with Crippen LogP contribution in [0.3, 0.4) is 0 Å². The van der Waals surface area contributed by atoms with Gasteiger partial charge in [0.25, 0.3) is 0 Å². The van der Waals surface area contributed by atoms with Crippen molar-refractivity contribution >= 4 is 72.7 Å². The van der Waals surface area contributed by atoms with Crippen LogP contribution < -0.4 is 4.90 Å². The van der Waals surface area contributed by atoms with Gasteiger partial charge < -0.3 is 4.90 Å². The minimum Gasteiger partial charge on any atom is -0.310 e. The summed E-state index contributed by atoms with van der Waals surface area (Å²) in [7, 11) is 0. The summed E-state index contributed by atoms with van der Waals surface area (Å²) in [5.41, 5.74) is 15.3. The van der Waals surface area contributed by atoms with Crippen LogP contribution in [0.5, 0.6) is 0 Å². The van der Waals surface area contributed by atoms with E-state index in [-0.39, 0.29) is 10.8 Å². The van der Waals surface area contributed by atoms with Crippen molar-refractivity contribution in [2.24, 2.45) is 0 Å². The Balaban J connectivity index is 1.02. The summed E-state index contributed by atoms with van der Waals surface area (Å²) in [6.45, 7) is 9.58. The zero-order chi connectivity index (χ0) is 37.3. The first-order valence-corrected chi connectivity index (χ1v) is 20.3. The summed E-state index contributed by atoms with van der Waals surface area (Å²) in [4.78, 5) is 2.41. The normalized spacial score (nSPS) is 15.3. The largest absolute Gasteiger partial charge is 0.310 e. The molecule has 0 radical (unpaired) electrons. The first-order valence-electron chi connectivity index (χ1n) is 20.3. The van der Waals surface area contributed by atoms with Crippen molar-refractivity contribution in [1.29, 1.82) is 0 Å². The highest BCUT2D eigenvalue weighted by Crippen LogP contribution is 2.66. The van der Waals surface area contributed by atoms with Crippen molar-refractivity contribution in [1.82, 2.24) is 0 Å². The van der Waals surface area contributed by atoms with Gasteiger partial charge in [-0.3, -0.25) is 0 Å². The van der Waals surface area contributed by atoms with Gasteiger partial charge in [-0.25, -0.2) is 0 Å². The lowest BCUT2D eigenvalue weighted by Crippen LogP contribution is -2.25. The predicted molar refractivity (Wildman–Crippen MR) is 238 cm³/mol. The number of para-hydroxylation sites is 1. The zero-order valence-corrected chi connectivity index (χ0v) is 32.4. The van der Waals surface area contributed by atoms with Gasteiger partial charge in [0, 0.05) is 27.6 Å². The molecule has 0 saturated carbocycles. The number of allylic oxidation sites excluding steroid dienone is 2. The van der Waals surface area contributed by atoms with Crippen LogP contribution in [0.25, 0.3) is 55.6 Å². The number of fused-ring (bicyclic) bond motifs is 4. The summed E-state index contributed by atoms with van der Waals surface area (Å²) in [6.07, 6.45) is 9.04. The maximum absolute atomic E-state index is 2.51. The van der Waals surface area contributed by atoms with E-state index >= 15 is 0 Å². The molecule has 2 aliphatic rings. The smallest absolute Gasteiger partial charge is 0.0540 e. The van der Waals surface area contributed by atoms with E-state index in [1.54, 1.807) is 16.7 Å². The molecular weight excluding hydrogens is 663 g/mol. The van der Waals surface area contributed by atoms with Crippen molar-refractivity contribution in [3.8, 4) is 0 Å². The van der Waals surface area contributed by atoms with Gasteiger partial charge in [-0.1, -0.05) is 161 Å². The molecule has 0 heterocycles. The topological polar surface area (TPSA) is 3.24 Å². The first kappa shape index (κ1) is 33.6. The SMILES string of the molecule is CCC1(CC)C2=C(c3ccccc31)C(CC)(CC)c1cc(/C=C/c3ccc(N(c4ccccc4)c4ccc5ccc6cccc7ccc4c5c67)cc3)ccc12. The Morgan fingerprint density at radius 2 is 0.982 bits per heavy atom. The average molecular weight is 710 g/mol. The maximum atomic E-state index is 2.51. The molecule has 0 bridgehead atoms. The van der Waals surface area contributed by atoms with E-state index in [4.69, 9.17) is 0 Å². The van der Waals surface area contributed by atoms with Gasteiger partial charge >= 0.3 is 0 Å². The number of nitrogens with zero attached hydrogens (tertiary/aromatic N) is 1. The summed E-state index contributed by atoms with van der Waals surface area (Å²) in [5.74, 6) is 0. The molecule has 268 valence electrons. The van der Waals surface area contributed by atoms with Gasteiger partial charge in [0.1, 0.15) is 0 Å².